The van der Waals surface area contributed by atoms with Crippen LogP contribution in [0.25, 0.3) is 0 Å². The molecule has 0 aliphatic heterocycles. The predicted octanol–water partition coefficient (Wildman–Crippen LogP) is 3.66. The van der Waals surface area contributed by atoms with Crippen molar-refractivity contribution in [3.05, 3.63) is 60.7 Å². The Balaban J connectivity index is 0.00000180. The van der Waals surface area contributed by atoms with E-state index in [0.717, 1.165) is 0 Å². The van der Waals surface area contributed by atoms with Gasteiger partial charge in [-0.1, -0.05) is 80.4 Å². The van der Waals surface area contributed by atoms with E-state index in [0.29, 0.717) is 0 Å². The van der Waals surface area contributed by atoms with Crippen LogP contribution in [-0.2, 0) is 0 Å². The Bertz CT molecular complexity index is 402. The molecule has 2 heteroatoms. The van der Waals surface area contributed by atoms with Crippen LogP contribution in [0.2, 0.25) is 0 Å². The van der Waals surface area contributed by atoms with Crippen molar-refractivity contribution in [2.75, 3.05) is 6.16 Å². The van der Waals surface area contributed by atoms with Crippen LogP contribution >= 0.6 is 7.92 Å². The molecule has 0 unspecified atom stereocenters. The van der Waals surface area contributed by atoms with Crippen LogP contribution < -0.4 is 10.6 Å². The van der Waals surface area contributed by atoms with E-state index in [1.54, 1.807) is 0 Å². The van der Waals surface area contributed by atoms with Crippen molar-refractivity contribution in [3.63, 3.8) is 0 Å². The van der Waals surface area contributed by atoms with Crippen LogP contribution in [0.5, 0.6) is 0 Å². The van der Waals surface area contributed by atoms with Crippen LogP contribution in [0.3, 0.4) is 0 Å². The molecule has 2 aromatic carbocycles. The van der Waals surface area contributed by atoms with E-state index >= 15 is 0 Å². The van der Waals surface area contributed by atoms with Crippen molar-refractivity contribution in [2.24, 2.45) is 0 Å². The molecule has 0 heterocycles. The van der Waals surface area contributed by atoms with Gasteiger partial charge in [0.05, 0.1) is 0 Å². The van der Waals surface area contributed by atoms with Gasteiger partial charge in [0.15, 0.2) is 0 Å². The van der Waals surface area contributed by atoms with Crippen molar-refractivity contribution in [2.45, 2.75) is 26.2 Å². The summed E-state index contributed by atoms with van der Waals surface area (Å²) in [7, 11) is -0.162. The van der Waals surface area contributed by atoms with Gasteiger partial charge in [0.1, 0.15) is 0 Å². The van der Waals surface area contributed by atoms with Crippen LogP contribution in [0.4, 0.5) is 0 Å². The number of rotatable bonds is 6. The molecule has 0 aromatic heterocycles. The quantitative estimate of drug-likeness (QED) is 0.430. The fraction of sp³-hybridized carbons (Fsp3) is 0.294. The van der Waals surface area contributed by atoms with E-state index in [-0.39, 0.29) is 37.5 Å². The van der Waals surface area contributed by atoms with E-state index in [1.807, 2.05) is 0 Å². The summed E-state index contributed by atoms with van der Waals surface area (Å²) >= 11 is 0. The second-order valence-electron chi connectivity index (χ2n) is 4.53. The Morgan fingerprint density at radius 2 is 1.21 bits per heavy atom. The van der Waals surface area contributed by atoms with Gasteiger partial charge in [-0.05, 0) is 31.1 Å². The van der Waals surface area contributed by atoms with Gasteiger partial charge >= 0.3 is 29.6 Å². The monoisotopic (exact) mass is 280 g/mol. The molecule has 0 fully saturated rings. The Hall–Kier alpha value is -0.130. The minimum absolute atomic E-state index is 0. The average Bonchev–Trinajstić information content (AvgIpc) is 2.46. The van der Waals surface area contributed by atoms with E-state index in [4.69, 9.17) is 0 Å². The van der Waals surface area contributed by atoms with E-state index in [1.165, 1.54) is 36.0 Å². The summed E-state index contributed by atoms with van der Waals surface area (Å²) in [6, 6.07) is 22.0. The third-order valence-corrected chi connectivity index (χ3v) is 5.73. The van der Waals surface area contributed by atoms with Crippen molar-refractivity contribution < 1.29 is 0 Å². The van der Waals surface area contributed by atoms with Crippen molar-refractivity contribution in [3.8, 4) is 0 Å². The maximum absolute atomic E-state index is 2.28. The summed E-state index contributed by atoms with van der Waals surface area (Å²) in [5, 5.41) is 3.02. The van der Waals surface area contributed by atoms with Crippen molar-refractivity contribution in [1.29, 1.82) is 0 Å². The van der Waals surface area contributed by atoms with E-state index in [9.17, 15) is 0 Å². The van der Waals surface area contributed by atoms with Gasteiger partial charge in [0, 0.05) is 0 Å². The van der Waals surface area contributed by atoms with Gasteiger partial charge in [-0.3, -0.25) is 0 Å². The van der Waals surface area contributed by atoms with Crippen LogP contribution in [0.15, 0.2) is 60.7 Å². The third kappa shape index (κ3) is 5.40. The van der Waals surface area contributed by atoms with Crippen LogP contribution in [0.1, 0.15) is 26.2 Å². The Kier molecular flexibility index (Phi) is 8.66. The molecule has 0 aliphatic carbocycles. The molecule has 0 spiro atoms. The molecular weight excluding hydrogens is 258 g/mol. The minimum atomic E-state index is -0.162. The van der Waals surface area contributed by atoms with Crippen molar-refractivity contribution >= 4 is 48.1 Å². The summed E-state index contributed by atoms with van der Waals surface area (Å²) in [5.41, 5.74) is 0. The average molecular weight is 280 g/mol. The molecule has 2 rings (SSSR count). The first-order valence-electron chi connectivity index (χ1n) is 6.79. The third-order valence-electron chi connectivity index (χ3n) is 3.12. The van der Waals surface area contributed by atoms with E-state index in [2.05, 4.69) is 67.6 Å². The fourth-order valence-electron chi connectivity index (χ4n) is 2.14. The summed E-state index contributed by atoms with van der Waals surface area (Å²) in [5.74, 6) is 0. The second-order valence-corrected chi connectivity index (χ2v) is 6.87. The zero-order valence-corrected chi connectivity index (χ0v) is 11.9. The standard InChI is InChI=1S/C17H21P.Na.H/c1-2-3-10-15-18(16-11-6-4-7-12-16)17-13-8-5-9-14-17;;/h4-9,11-14H,2-3,10,15H2,1H3;;. The predicted molar refractivity (Wildman–Crippen MR) is 90.6 cm³/mol. The molecule has 0 saturated carbocycles. The molecule has 0 atom stereocenters. The van der Waals surface area contributed by atoms with E-state index < -0.39 is 0 Å². The van der Waals surface area contributed by atoms with Crippen LogP contribution in [-0.4, -0.2) is 35.7 Å². The molecule has 0 nitrogen and oxygen atoms in total. The van der Waals surface area contributed by atoms with Gasteiger partial charge in [0.25, 0.3) is 0 Å². The molecular formula is C17H22NaP. The van der Waals surface area contributed by atoms with Gasteiger partial charge in [-0.15, -0.1) is 0 Å². The molecule has 0 N–H and O–H groups in total. The Labute approximate surface area is 140 Å². The summed E-state index contributed by atoms with van der Waals surface area (Å²) in [6.07, 6.45) is 5.30. The topological polar surface area (TPSA) is 0 Å². The number of unbranched alkanes of at least 4 members (excludes halogenated alkanes) is 2. The number of hydrogen-bond donors (Lipinski definition) is 0. The molecule has 0 saturated heterocycles. The molecule has 19 heavy (non-hydrogen) atoms. The first-order valence-corrected chi connectivity index (χ1v) is 8.32. The molecule has 2 aromatic rings. The van der Waals surface area contributed by atoms with Gasteiger partial charge < -0.3 is 0 Å². The molecule has 0 amide bonds. The normalized spacial score (nSPS) is 10.2. The number of benzene rings is 2. The SMILES string of the molecule is CCCCCP(c1ccccc1)c1ccccc1.[NaH]. The molecule has 0 radical (unpaired) electrons. The Morgan fingerprint density at radius 3 is 1.63 bits per heavy atom. The first kappa shape index (κ1) is 16.9. The fourth-order valence-corrected chi connectivity index (χ4v) is 4.56. The van der Waals surface area contributed by atoms with Crippen LogP contribution in [0, 0.1) is 0 Å². The summed E-state index contributed by atoms with van der Waals surface area (Å²) in [6.45, 7) is 2.27. The molecule has 96 valence electrons. The van der Waals surface area contributed by atoms with Gasteiger partial charge in [0.2, 0.25) is 0 Å². The number of hydrogen-bond acceptors (Lipinski definition) is 0. The van der Waals surface area contributed by atoms with Gasteiger partial charge in [-0.25, -0.2) is 0 Å². The summed E-state index contributed by atoms with van der Waals surface area (Å²) in [4.78, 5) is 0. The maximum atomic E-state index is 2.28. The van der Waals surface area contributed by atoms with Crippen molar-refractivity contribution in [1.82, 2.24) is 0 Å². The zero-order valence-electron chi connectivity index (χ0n) is 11.0. The van der Waals surface area contributed by atoms with Gasteiger partial charge in [-0.2, -0.15) is 0 Å². The molecule has 0 bridgehead atoms. The summed E-state index contributed by atoms with van der Waals surface area (Å²) < 4.78 is 0. The molecule has 0 aliphatic rings. The zero-order chi connectivity index (χ0) is 12.6. The Morgan fingerprint density at radius 1 is 0.737 bits per heavy atom. The first-order chi connectivity index (χ1) is 8.92. The second kappa shape index (κ2) is 9.72.